The first kappa shape index (κ1) is 7.39. The Hall–Kier alpha value is -1.02. The number of phenols is 1. The van der Waals surface area contributed by atoms with Crippen LogP contribution >= 0.6 is 0 Å². The third-order valence-electron chi connectivity index (χ3n) is 3.48. The van der Waals surface area contributed by atoms with Gasteiger partial charge in [-0.2, -0.15) is 0 Å². The van der Waals surface area contributed by atoms with Crippen LogP contribution in [-0.4, -0.2) is 17.7 Å². The van der Waals surface area contributed by atoms with E-state index in [4.69, 9.17) is 0 Å². The van der Waals surface area contributed by atoms with Crippen molar-refractivity contribution in [2.75, 3.05) is 6.54 Å². The molecule has 0 atom stereocenters. The van der Waals surface area contributed by atoms with E-state index >= 15 is 0 Å². The van der Waals surface area contributed by atoms with Gasteiger partial charge < -0.3 is 10.4 Å². The van der Waals surface area contributed by atoms with Crippen LogP contribution in [0.5, 0.6) is 5.75 Å². The van der Waals surface area contributed by atoms with Gasteiger partial charge in [0.2, 0.25) is 0 Å². The van der Waals surface area contributed by atoms with Crippen molar-refractivity contribution in [3.63, 3.8) is 0 Å². The molecule has 2 heteroatoms. The summed E-state index contributed by atoms with van der Waals surface area (Å²) in [5, 5.41) is 12.7. The Morgan fingerprint density at radius 3 is 2.46 bits per heavy atom. The molecule has 3 aliphatic rings. The van der Waals surface area contributed by atoms with E-state index in [-0.39, 0.29) is 0 Å². The molecule has 3 fully saturated rings. The third-order valence-corrected chi connectivity index (χ3v) is 3.48. The summed E-state index contributed by atoms with van der Waals surface area (Å²) in [6.45, 7) is 1.11. The summed E-state index contributed by atoms with van der Waals surface area (Å²) < 4.78 is 0. The molecule has 4 rings (SSSR count). The van der Waals surface area contributed by atoms with Crippen molar-refractivity contribution in [1.82, 2.24) is 5.32 Å². The first-order valence-electron chi connectivity index (χ1n) is 4.81. The molecular weight excluding hydrogens is 162 g/mol. The topological polar surface area (TPSA) is 32.3 Å². The number of aromatic hydroxyl groups is 1. The standard InChI is InChI=1S/C11H13NO/c13-10-3-1-8(2-4-10)11-5-9(6-11)12-7-11/h1-4,9,12-13H,5-7H2. The Bertz CT molecular complexity index is 319. The second kappa shape index (κ2) is 2.26. The third kappa shape index (κ3) is 0.923. The second-order valence-corrected chi connectivity index (χ2v) is 4.31. The van der Waals surface area contributed by atoms with Crippen LogP contribution < -0.4 is 5.32 Å². The van der Waals surface area contributed by atoms with Gasteiger partial charge in [-0.3, -0.25) is 0 Å². The van der Waals surface area contributed by atoms with Crippen LogP contribution in [-0.2, 0) is 5.41 Å². The molecule has 2 heterocycles. The fraction of sp³-hybridized carbons (Fsp3) is 0.455. The van der Waals surface area contributed by atoms with Crippen LogP contribution in [0.2, 0.25) is 0 Å². The molecule has 0 amide bonds. The van der Waals surface area contributed by atoms with Gasteiger partial charge in [0.05, 0.1) is 0 Å². The molecule has 1 aliphatic carbocycles. The maximum Gasteiger partial charge on any atom is 0.115 e. The minimum atomic E-state index is 0.363. The smallest absolute Gasteiger partial charge is 0.115 e. The van der Waals surface area contributed by atoms with Crippen molar-refractivity contribution in [3.8, 4) is 5.75 Å². The zero-order valence-electron chi connectivity index (χ0n) is 7.46. The van der Waals surface area contributed by atoms with Crippen LogP contribution in [0.15, 0.2) is 24.3 Å². The summed E-state index contributed by atoms with van der Waals surface area (Å²) in [5.74, 6) is 0.363. The highest BCUT2D eigenvalue weighted by molar-refractivity contribution is 5.36. The van der Waals surface area contributed by atoms with Crippen molar-refractivity contribution in [1.29, 1.82) is 0 Å². The Balaban J connectivity index is 1.96. The Morgan fingerprint density at radius 1 is 1.23 bits per heavy atom. The van der Waals surface area contributed by atoms with Crippen molar-refractivity contribution >= 4 is 0 Å². The second-order valence-electron chi connectivity index (χ2n) is 4.31. The minimum Gasteiger partial charge on any atom is -0.508 e. The summed E-state index contributed by atoms with van der Waals surface area (Å²) in [5.41, 5.74) is 1.78. The van der Waals surface area contributed by atoms with Gasteiger partial charge in [-0.05, 0) is 30.5 Å². The van der Waals surface area contributed by atoms with Crippen molar-refractivity contribution in [2.45, 2.75) is 24.3 Å². The Labute approximate surface area is 77.6 Å². The lowest BCUT2D eigenvalue weighted by Crippen LogP contribution is -2.37. The van der Waals surface area contributed by atoms with Crippen LogP contribution in [0, 0.1) is 0 Å². The van der Waals surface area contributed by atoms with Gasteiger partial charge in [0.15, 0.2) is 0 Å². The fourth-order valence-electron chi connectivity index (χ4n) is 2.66. The van der Waals surface area contributed by atoms with Crippen LogP contribution in [0.4, 0.5) is 0 Å². The number of benzene rings is 1. The molecule has 1 aromatic carbocycles. The maximum atomic E-state index is 9.18. The predicted octanol–water partition coefficient (Wildman–Crippen LogP) is 1.40. The summed E-state index contributed by atoms with van der Waals surface area (Å²) in [6, 6.07) is 8.44. The molecule has 2 aliphatic heterocycles. The molecule has 0 spiro atoms. The van der Waals surface area contributed by atoms with E-state index in [1.165, 1.54) is 18.4 Å². The zero-order chi connectivity index (χ0) is 8.89. The van der Waals surface area contributed by atoms with E-state index in [2.05, 4.69) is 17.4 Å². The lowest BCUT2D eigenvalue weighted by Gasteiger charge is -2.37. The minimum absolute atomic E-state index is 0.363. The Kier molecular flexibility index (Phi) is 1.29. The summed E-state index contributed by atoms with van der Waals surface area (Å²) >= 11 is 0. The van der Waals surface area contributed by atoms with E-state index in [0.717, 1.165) is 12.6 Å². The lowest BCUT2D eigenvalue weighted by atomic mass is 9.66. The van der Waals surface area contributed by atoms with E-state index in [9.17, 15) is 5.11 Å². The molecule has 2 N–H and O–H groups in total. The molecule has 0 radical (unpaired) electrons. The molecule has 2 saturated heterocycles. The fourth-order valence-corrected chi connectivity index (χ4v) is 2.66. The molecule has 2 bridgehead atoms. The van der Waals surface area contributed by atoms with Crippen LogP contribution in [0.25, 0.3) is 0 Å². The number of nitrogens with one attached hydrogen (secondary N) is 1. The normalized spacial score (nSPS) is 35.8. The highest BCUT2D eigenvalue weighted by Crippen LogP contribution is 2.48. The van der Waals surface area contributed by atoms with E-state index in [1.54, 1.807) is 12.1 Å². The largest absolute Gasteiger partial charge is 0.508 e. The van der Waals surface area contributed by atoms with Gasteiger partial charge in [0.1, 0.15) is 5.75 Å². The van der Waals surface area contributed by atoms with E-state index in [0.29, 0.717) is 11.2 Å². The first-order valence-corrected chi connectivity index (χ1v) is 4.81. The van der Waals surface area contributed by atoms with Crippen molar-refractivity contribution < 1.29 is 5.11 Å². The molecule has 1 saturated carbocycles. The van der Waals surface area contributed by atoms with Crippen LogP contribution in [0.1, 0.15) is 18.4 Å². The molecule has 0 aromatic heterocycles. The van der Waals surface area contributed by atoms with E-state index in [1.807, 2.05) is 0 Å². The highest BCUT2D eigenvalue weighted by Gasteiger charge is 2.50. The summed E-state index contributed by atoms with van der Waals surface area (Å²) in [6.07, 6.45) is 2.55. The van der Waals surface area contributed by atoms with Crippen LogP contribution in [0.3, 0.4) is 0 Å². The quantitative estimate of drug-likeness (QED) is 0.676. The summed E-state index contributed by atoms with van der Waals surface area (Å²) in [7, 11) is 0. The molecule has 1 aromatic rings. The van der Waals surface area contributed by atoms with E-state index < -0.39 is 0 Å². The molecule has 68 valence electrons. The maximum absolute atomic E-state index is 9.18. The van der Waals surface area contributed by atoms with Crippen molar-refractivity contribution in [3.05, 3.63) is 29.8 Å². The number of fused-ring (bicyclic) bond motifs is 1. The van der Waals surface area contributed by atoms with Gasteiger partial charge in [0.25, 0.3) is 0 Å². The first-order chi connectivity index (χ1) is 6.28. The SMILES string of the molecule is Oc1ccc(C23CNC(C2)C3)cc1. The van der Waals surface area contributed by atoms with Gasteiger partial charge in [-0.15, -0.1) is 0 Å². The average Bonchev–Trinajstić information content (AvgIpc) is 2.63. The highest BCUT2D eigenvalue weighted by atomic mass is 16.3. The molecule has 13 heavy (non-hydrogen) atoms. The number of hydrogen-bond acceptors (Lipinski definition) is 2. The zero-order valence-corrected chi connectivity index (χ0v) is 7.46. The number of rotatable bonds is 1. The lowest BCUT2D eigenvalue weighted by molar-refractivity contribution is 0.304. The van der Waals surface area contributed by atoms with Gasteiger partial charge in [0, 0.05) is 18.0 Å². The number of phenolic OH excluding ortho intramolecular Hbond substituents is 1. The predicted molar refractivity (Wildman–Crippen MR) is 50.8 cm³/mol. The number of hydrogen-bond donors (Lipinski definition) is 2. The summed E-state index contributed by atoms with van der Waals surface area (Å²) in [4.78, 5) is 0. The monoisotopic (exact) mass is 175 g/mol. The van der Waals surface area contributed by atoms with Gasteiger partial charge in [-0.1, -0.05) is 12.1 Å². The van der Waals surface area contributed by atoms with Gasteiger partial charge in [-0.25, -0.2) is 0 Å². The average molecular weight is 175 g/mol. The molecular formula is C11H13NO. The van der Waals surface area contributed by atoms with Gasteiger partial charge >= 0.3 is 0 Å². The molecule has 0 unspecified atom stereocenters. The Morgan fingerprint density at radius 2 is 1.92 bits per heavy atom. The molecule has 2 nitrogen and oxygen atoms in total. The van der Waals surface area contributed by atoms with Crippen molar-refractivity contribution in [2.24, 2.45) is 0 Å².